The van der Waals surface area contributed by atoms with Crippen LogP contribution < -0.4 is 5.32 Å². The van der Waals surface area contributed by atoms with E-state index in [1.807, 2.05) is 0 Å². The van der Waals surface area contributed by atoms with E-state index in [2.05, 4.69) is 186 Å². The number of quaternary nitrogens is 1. The molecule has 0 amide bonds. The number of hydrogen-bond donors (Lipinski definition) is 1. The van der Waals surface area contributed by atoms with Crippen molar-refractivity contribution >= 4 is 27.5 Å². The highest BCUT2D eigenvalue weighted by Crippen LogP contribution is 2.59. The molecule has 2 unspecified atom stereocenters. The average Bonchev–Trinajstić information content (AvgIpc) is 3.66. The van der Waals surface area contributed by atoms with Gasteiger partial charge in [-0.15, -0.1) is 0 Å². The maximum atomic E-state index is 2.66. The van der Waals surface area contributed by atoms with Crippen LogP contribution in [0, 0.1) is 0 Å². The van der Waals surface area contributed by atoms with Crippen LogP contribution in [0.25, 0.3) is 32.9 Å². The van der Waals surface area contributed by atoms with Gasteiger partial charge in [-0.3, -0.25) is 9.88 Å². The Morgan fingerprint density at radius 1 is 0.521 bits per heavy atom. The molecule has 48 heavy (non-hydrogen) atoms. The predicted octanol–water partition coefficient (Wildman–Crippen LogP) is 9.89. The van der Waals surface area contributed by atoms with Gasteiger partial charge in [-0.05, 0) is 63.6 Å². The molecule has 0 saturated heterocycles. The van der Waals surface area contributed by atoms with Gasteiger partial charge in [0, 0.05) is 16.3 Å². The Kier molecular flexibility index (Phi) is 6.09. The number of aromatic nitrogens is 1. The molecule has 2 nitrogen and oxygen atoms in total. The van der Waals surface area contributed by atoms with Gasteiger partial charge in [-0.25, -0.2) is 0 Å². The lowest BCUT2D eigenvalue weighted by Crippen LogP contribution is -2.83. The molecule has 1 aliphatic carbocycles. The number of hydrogen-bond acceptors (Lipinski definition) is 0. The first-order chi connectivity index (χ1) is 23.8. The zero-order valence-corrected chi connectivity index (χ0v) is 26.6. The molecule has 0 spiro atoms. The van der Waals surface area contributed by atoms with Gasteiger partial charge in [-0.2, -0.15) is 0 Å². The van der Waals surface area contributed by atoms with Crippen LogP contribution in [0.4, 0.5) is 5.69 Å². The number of nitrogens with zero attached hydrogens (tertiary/aromatic N) is 1. The van der Waals surface area contributed by atoms with Gasteiger partial charge < -0.3 is 0 Å². The van der Waals surface area contributed by atoms with Crippen molar-refractivity contribution in [2.45, 2.75) is 23.9 Å². The molecular weight excluding hydrogens is 581 g/mol. The van der Waals surface area contributed by atoms with Crippen molar-refractivity contribution in [1.82, 2.24) is 4.57 Å². The van der Waals surface area contributed by atoms with E-state index in [-0.39, 0.29) is 6.17 Å². The van der Waals surface area contributed by atoms with Crippen LogP contribution in [0.5, 0.6) is 0 Å². The SMILES string of the molecule is c1ccc(C2Cc3ccccc3[NH2+]C2n2c3ccccc3c3c4c(ccc32)C(c2ccccc2)(c2ccccc2)c2ccccc2-4)cc1. The third-order valence-electron chi connectivity index (χ3n) is 11.1. The average molecular weight is 616 g/mol. The first-order valence-corrected chi connectivity index (χ1v) is 17.1. The van der Waals surface area contributed by atoms with E-state index in [0.717, 1.165) is 6.42 Å². The number of rotatable bonds is 4. The molecule has 0 radical (unpaired) electrons. The maximum Gasteiger partial charge on any atom is 0.177 e. The van der Waals surface area contributed by atoms with Gasteiger partial charge >= 0.3 is 0 Å². The summed E-state index contributed by atoms with van der Waals surface area (Å²) in [4.78, 5) is 0. The molecule has 8 aromatic rings. The van der Waals surface area contributed by atoms with Crippen molar-refractivity contribution in [2.24, 2.45) is 0 Å². The second kappa shape index (κ2) is 10.7. The summed E-state index contributed by atoms with van der Waals surface area (Å²) in [5, 5.41) is 5.19. The minimum absolute atomic E-state index is 0.160. The van der Waals surface area contributed by atoms with E-state index in [9.17, 15) is 0 Å². The number of para-hydroxylation sites is 2. The predicted molar refractivity (Wildman–Crippen MR) is 197 cm³/mol. The molecule has 2 heteroatoms. The van der Waals surface area contributed by atoms with Crippen LogP contribution >= 0.6 is 0 Å². The molecule has 2 atom stereocenters. The molecular formula is C46H35N2+. The van der Waals surface area contributed by atoms with Crippen molar-refractivity contribution < 1.29 is 5.32 Å². The first-order valence-electron chi connectivity index (χ1n) is 17.1. The third-order valence-corrected chi connectivity index (χ3v) is 11.1. The Labute approximate surface area is 280 Å². The maximum absolute atomic E-state index is 2.66. The smallest absolute Gasteiger partial charge is 0.177 e. The summed E-state index contributed by atoms with van der Waals surface area (Å²) in [6, 6.07) is 65.4. The highest BCUT2D eigenvalue weighted by molar-refractivity contribution is 6.17. The Bertz CT molecular complexity index is 2420. The lowest BCUT2D eigenvalue weighted by atomic mass is 9.67. The highest BCUT2D eigenvalue weighted by Gasteiger charge is 2.47. The molecule has 1 aliphatic heterocycles. The second-order valence-electron chi connectivity index (χ2n) is 13.4. The van der Waals surface area contributed by atoms with Crippen molar-refractivity contribution in [2.75, 3.05) is 0 Å². The Balaban J connectivity index is 1.31. The van der Waals surface area contributed by atoms with E-state index in [1.165, 1.54) is 72.0 Å². The normalized spacial score (nSPS) is 17.6. The van der Waals surface area contributed by atoms with Crippen molar-refractivity contribution in [3.63, 3.8) is 0 Å². The minimum atomic E-state index is -0.422. The summed E-state index contributed by atoms with van der Waals surface area (Å²) < 4.78 is 2.66. The van der Waals surface area contributed by atoms with E-state index in [0.29, 0.717) is 5.92 Å². The van der Waals surface area contributed by atoms with Gasteiger partial charge in [-0.1, -0.05) is 158 Å². The minimum Gasteiger partial charge on any atom is -0.293 e. The fraction of sp³-hybridized carbons (Fsp3) is 0.0870. The lowest BCUT2D eigenvalue weighted by molar-refractivity contribution is -0.642. The summed E-state index contributed by atoms with van der Waals surface area (Å²) in [6.45, 7) is 0. The first kappa shape index (κ1) is 27.4. The Morgan fingerprint density at radius 3 is 1.92 bits per heavy atom. The van der Waals surface area contributed by atoms with Gasteiger partial charge in [0.25, 0.3) is 0 Å². The zero-order chi connectivity index (χ0) is 31.7. The van der Waals surface area contributed by atoms with Gasteiger partial charge in [0.1, 0.15) is 5.69 Å². The Morgan fingerprint density at radius 2 is 1.15 bits per heavy atom. The standard InChI is InChI=1S/C46H34N2/c1-4-16-31(17-5-1)37-30-32-18-10-14-26-40(32)47-45(37)48-41-27-15-12-24-36(41)44-42(48)29-28-39-43(44)35-23-11-13-25-38(35)46(39,33-19-6-2-7-20-33)34-21-8-3-9-22-34/h1-29,37,45,47H,30H2/p+1. The molecule has 10 rings (SSSR count). The lowest BCUT2D eigenvalue weighted by Gasteiger charge is -2.34. The van der Waals surface area contributed by atoms with Crippen molar-refractivity contribution in [3.8, 4) is 11.1 Å². The fourth-order valence-corrected chi connectivity index (χ4v) is 9.15. The van der Waals surface area contributed by atoms with Crippen LogP contribution in [-0.2, 0) is 11.8 Å². The molecule has 0 saturated carbocycles. The monoisotopic (exact) mass is 615 g/mol. The van der Waals surface area contributed by atoms with E-state index in [1.54, 1.807) is 0 Å². The molecule has 7 aromatic carbocycles. The molecule has 2 aliphatic rings. The number of fused-ring (bicyclic) bond motifs is 8. The summed E-state index contributed by atoms with van der Waals surface area (Å²) in [5.74, 6) is 0.313. The molecule has 1 aromatic heterocycles. The van der Waals surface area contributed by atoms with E-state index >= 15 is 0 Å². The van der Waals surface area contributed by atoms with E-state index < -0.39 is 5.41 Å². The van der Waals surface area contributed by atoms with Crippen LogP contribution in [-0.4, -0.2) is 4.57 Å². The van der Waals surface area contributed by atoms with Crippen molar-refractivity contribution in [3.05, 3.63) is 209 Å². The van der Waals surface area contributed by atoms with Gasteiger partial charge in [0.05, 0.1) is 22.4 Å². The van der Waals surface area contributed by atoms with Gasteiger partial charge in [0.15, 0.2) is 6.17 Å². The van der Waals surface area contributed by atoms with Gasteiger partial charge in [0.2, 0.25) is 0 Å². The molecule has 2 N–H and O–H groups in total. The summed E-state index contributed by atoms with van der Waals surface area (Å²) in [6.07, 6.45) is 1.17. The highest BCUT2D eigenvalue weighted by atomic mass is 15.2. The van der Waals surface area contributed by atoms with Crippen LogP contribution in [0.15, 0.2) is 176 Å². The molecule has 228 valence electrons. The largest absolute Gasteiger partial charge is 0.293 e. The summed E-state index contributed by atoms with van der Waals surface area (Å²) in [7, 11) is 0. The number of benzene rings is 7. The zero-order valence-electron chi connectivity index (χ0n) is 26.6. The third kappa shape index (κ3) is 3.78. The number of nitrogens with two attached hydrogens (primary N) is 1. The van der Waals surface area contributed by atoms with E-state index in [4.69, 9.17) is 0 Å². The van der Waals surface area contributed by atoms with Crippen LogP contribution in [0.3, 0.4) is 0 Å². The van der Waals surface area contributed by atoms with Crippen LogP contribution in [0.2, 0.25) is 0 Å². The quantitative estimate of drug-likeness (QED) is 0.190. The fourth-order valence-electron chi connectivity index (χ4n) is 9.15. The second-order valence-corrected chi connectivity index (χ2v) is 13.4. The summed E-state index contributed by atoms with van der Waals surface area (Å²) in [5.41, 5.74) is 14.3. The van der Waals surface area contributed by atoms with Crippen molar-refractivity contribution in [1.29, 1.82) is 0 Å². The summed E-state index contributed by atoms with van der Waals surface area (Å²) >= 11 is 0. The topological polar surface area (TPSA) is 21.5 Å². The Hall–Kier alpha value is -5.70. The molecule has 0 fully saturated rings. The molecule has 0 bridgehead atoms. The van der Waals surface area contributed by atoms with Crippen LogP contribution in [0.1, 0.15) is 45.5 Å². The molecule has 2 heterocycles.